The summed E-state index contributed by atoms with van der Waals surface area (Å²) in [4.78, 5) is 79.2. The van der Waals surface area contributed by atoms with Gasteiger partial charge < -0.3 is 55.1 Å². The Labute approximate surface area is 513 Å². The van der Waals surface area contributed by atoms with Gasteiger partial charge in [0.25, 0.3) is 11.6 Å². The summed E-state index contributed by atoms with van der Waals surface area (Å²) in [5.74, 6) is -0.234. The molecule has 0 saturated heterocycles. The first-order valence-corrected chi connectivity index (χ1v) is 30.2. The van der Waals surface area contributed by atoms with Gasteiger partial charge in [0.05, 0.1) is 47.1 Å². The molecule has 456 valence electrons. The number of aryl methyl sites for hydroxylation is 2. The number of amides is 2. The third kappa shape index (κ3) is 25.1. The van der Waals surface area contributed by atoms with E-state index in [1.54, 1.807) is 29.0 Å². The van der Waals surface area contributed by atoms with E-state index in [4.69, 9.17) is 99.5 Å². The van der Waals surface area contributed by atoms with Gasteiger partial charge in [0.2, 0.25) is 23.1 Å². The van der Waals surface area contributed by atoms with Crippen LogP contribution in [0.5, 0.6) is 17.2 Å². The van der Waals surface area contributed by atoms with Crippen molar-refractivity contribution < 1.29 is 57.6 Å². The van der Waals surface area contributed by atoms with E-state index in [1.165, 1.54) is 24.9 Å². The molecule has 0 spiro atoms. The Morgan fingerprint density at radius 2 is 1.64 bits per heavy atom. The molecule has 83 heavy (non-hydrogen) atoms. The van der Waals surface area contributed by atoms with E-state index in [9.17, 15) is 33.9 Å². The number of carboxylic acid groups (broad SMARTS) is 1. The zero-order valence-electron chi connectivity index (χ0n) is 47.6. The summed E-state index contributed by atoms with van der Waals surface area (Å²) in [7, 11) is -0.331. The van der Waals surface area contributed by atoms with Crippen LogP contribution in [0.3, 0.4) is 0 Å². The number of nitrogens with two attached hydrogens (primary N) is 1. The lowest BCUT2D eigenvalue weighted by molar-refractivity contribution is -0.385. The van der Waals surface area contributed by atoms with Crippen molar-refractivity contribution in [1.29, 1.82) is 0 Å². The van der Waals surface area contributed by atoms with Crippen LogP contribution in [0.15, 0.2) is 78.9 Å². The molecule has 2 heterocycles. The smallest absolute Gasteiger partial charge is 0.345 e. The number of carbonyl (C=O) groups excluding carboxylic acids is 3. The first-order chi connectivity index (χ1) is 38.8. The molecule has 2 amide bonds. The molecular formula is C54H70Cl6N9O13P. The molecule has 6 N–H and O–H groups in total. The number of anilines is 4. The highest BCUT2D eigenvalue weighted by Gasteiger charge is 2.32. The number of nitro benzene ring substituents is 1. The molecular weight excluding hydrogens is 1230 g/mol. The van der Waals surface area contributed by atoms with Crippen LogP contribution in [0.25, 0.3) is 0 Å². The van der Waals surface area contributed by atoms with Crippen LogP contribution in [0.1, 0.15) is 76.4 Å². The summed E-state index contributed by atoms with van der Waals surface area (Å²) in [5, 5.41) is 26.2. The van der Waals surface area contributed by atoms with Crippen LogP contribution in [0, 0.1) is 17.0 Å². The second kappa shape index (κ2) is 35.5. The Morgan fingerprint density at radius 3 is 2.18 bits per heavy atom. The van der Waals surface area contributed by atoms with E-state index in [1.807, 2.05) is 84.9 Å². The summed E-state index contributed by atoms with van der Waals surface area (Å²) in [6.07, 6.45) is 0.878. The van der Waals surface area contributed by atoms with E-state index in [0.29, 0.717) is 41.6 Å². The number of nitrogens with zero attached hydrogens (tertiary/aromatic N) is 6. The normalized spacial score (nSPS) is 13.7. The highest BCUT2D eigenvalue weighted by molar-refractivity contribution is 7.57. The number of aliphatic carboxylic acids is 1. The van der Waals surface area contributed by atoms with E-state index in [2.05, 4.69) is 43.3 Å². The molecule has 0 aliphatic carbocycles. The molecule has 1 aliphatic rings. The van der Waals surface area contributed by atoms with E-state index in [0.717, 1.165) is 48.6 Å². The fourth-order valence-electron chi connectivity index (χ4n) is 7.24. The number of halogens is 6. The van der Waals surface area contributed by atoms with Crippen molar-refractivity contribution in [2.24, 2.45) is 5.73 Å². The van der Waals surface area contributed by atoms with Crippen molar-refractivity contribution in [3.05, 3.63) is 121 Å². The lowest BCUT2D eigenvalue weighted by Gasteiger charge is -2.35. The number of nitro groups is 1. The number of hydrogen-bond acceptors (Lipinski definition) is 17. The van der Waals surface area contributed by atoms with Crippen molar-refractivity contribution in [3.63, 3.8) is 0 Å². The fourth-order valence-corrected chi connectivity index (χ4v) is 8.94. The van der Waals surface area contributed by atoms with Crippen LogP contribution in [0.4, 0.5) is 29.0 Å². The summed E-state index contributed by atoms with van der Waals surface area (Å²) >= 11 is 34.5. The number of methoxy groups -OCH3 is 2. The number of esters is 1. The molecule has 22 nitrogen and oxygen atoms in total. The maximum Gasteiger partial charge on any atom is 0.345 e. The van der Waals surface area contributed by atoms with Gasteiger partial charge >= 0.3 is 11.9 Å². The Kier molecular flexibility index (Phi) is 31.4. The van der Waals surface area contributed by atoms with Crippen LogP contribution in [-0.4, -0.2) is 135 Å². The van der Waals surface area contributed by atoms with Gasteiger partial charge in [-0.2, -0.15) is 15.0 Å². The third-order valence-corrected chi connectivity index (χ3v) is 13.3. The van der Waals surface area contributed by atoms with Crippen molar-refractivity contribution in [1.82, 2.24) is 15.0 Å². The Balaban J connectivity index is 0.000000360. The summed E-state index contributed by atoms with van der Waals surface area (Å²) in [6.45, 7) is 18.9. The van der Waals surface area contributed by atoms with Crippen LogP contribution in [-0.2, 0) is 34.8 Å². The molecule has 1 aliphatic heterocycles. The van der Waals surface area contributed by atoms with Gasteiger partial charge in [-0.3, -0.25) is 29.1 Å². The summed E-state index contributed by atoms with van der Waals surface area (Å²) in [5.41, 5.74) is 8.33. The Hall–Kier alpha value is -5.78. The number of para-hydroxylation sites is 3. The topological polar surface area (TPSA) is 301 Å². The van der Waals surface area contributed by atoms with Gasteiger partial charge in [-0.25, -0.2) is 4.79 Å². The monoisotopic (exact) mass is 1290 g/mol. The van der Waals surface area contributed by atoms with Gasteiger partial charge in [-0.1, -0.05) is 83.7 Å². The number of aromatic nitrogens is 3. The second-order valence-electron chi connectivity index (χ2n) is 19.0. The van der Waals surface area contributed by atoms with Gasteiger partial charge in [0, 0.05) is 49.2 Å². The van der Waals surface area contributed by atoms with E-state index < -0.39 is 35.1 Å². The van der Waals surface area contributed by atoms with Gasteiger partial charge in [0.1, 0.15) is 41.3 Å². The fraction of sp³-hybridized carbons (Fsp3) is 0.426. The van der Waals surface area contributed by atoms with Gasteiger partial charge in [0.15, 0.2) is 12.2 Å². The predicted octanol–water partition coefficient (Wildman–Crippen LogP) is 12.1. The standard InChI is InChI=1S/C15H22ClNO2.C14H9Cl2NO5.C11H11Cl2NO2.C9H16ClN5.C5H12NO4P/c1-5-13-8-6-7-11(2)15(13)17(14(18)9-16)12(3)10-19-4;1-21-14(18)10-7-9(3-4-12(10)17(19)20)22-13-5-2-8(15)6-11(13)16;1-7-6-16-9-5-3-2-4-8(9)14(7)11(15)10(12)13;1-5-11-7-12-6(10)13-8(14-7)15-9(2,3)4;1-11(9,10)3-2-4(6)5(7)8/h6-8,12H,5,9-10H2,1-4H3;2-7H,1H3;2-5,7,10H,6H2,1H3;5H2,1-4H3,(H2,11,12,13,14,15);4H,2-3,6H2,1H3,(H,7,8)(H,9,10). The van der Waals surface area contributed by atoms with Gasteiger partial charge in [-0.15, -0.1) is 11.6 Å². The number of carbonyl (C=O) groups is 4. The highest BCUT2D eigenvalue weighted by atomic mass is 35.5. The van der Waals surface area contributed by atoms with Crippen molar-refractivity contribution in [2.75, 3.05) is 73.1 Å². The first kappa shape index (κ1) is 73.3. The number of fused-ring (bicyclic) bond motifs is 1. The molecule has 0 fully saturated rings. The molecule has 4 aromatic carbocycles. The third-order valence-electron chi connectivity index (χ3n) is 10.9. The minimum atomic E-state index is -3.10. The quantitative estimate of drug-likeness (QED) is 0.0179. The van der Waals surface area contributed by atoms with E-state index >= 15 is 0 Å². The van der Waals surface area contributed by atoms with Crippen molar-refractivity contribution in [2.45, 2.75) is 96.7 Å². The average Bonchev–Trinajstić information content (AvgIpc) is 3.60. The molecule has 5 aromatic rings. The molecule has 6 rings (SSSR count). The largest absolute Gasteiger partial charge is 0.489 e. The summed E-state index contributed by atoms with van der Waals surface area (Å²) < 4.78 is 31.4. The molecule has 0 bridgehead atoms. The minimum Gasteiger partial charge on any atom is -0.489 e. The molecule has 29 heteroatoms. The zero-order chi connectivity index (χ0) is 62.9. The molecule has 0 saturated carbocycles. The summed E-state index contributed by atoms with van der Waals surface area (Å²) in [6, 6.07) is 20.6. The number of rotatable bonds is 18. The number of benzene rings is 4. The van der Waals surface area contributed by atoms with Crippen LogP contribution >= 0.6 is 77.0 Å². The number of carboxylic acids is 1. The number of nitrogens with one attached hydrogen (secondary N) is 2. The minimum absolute atomic E-state index is 0.0223. The highest BCUT2D eigenvalue weighted by Crippen LogP contribution is 2.37. The predicted molar refractivity (Wildman–Crippen MR) is 329 cm³/mol. The second-order valence-corrected chi connectivity index (χ2v) is 24.1. The number of alkyl halides is 3. The lowest BCUT2D eigenvalue weighted by Crippen LogP contribution is -2.47. The van der Waals surface area contributed by atoms with Crippen molar-refractivity contribution >= 4 is 130 Å². The maximum atomic E-state index is 12.2. The maximum absolute atomic E-state index is 12.2. The molecule has 4 unspecified atom stereocenters. The molecule has 1 aromatic heterocycles. The molecule has 4 atom stereocenters. The lowest BCUT2D eigenvalue weighted by atomic mass is 10.0. The number of hydrogen-bond donors (Lipinski definition) is 5. The Morgan fingerprint density at radius 1 is 0.988 bits per heavy atom. The van der Waals surface area contributed by atoms with Crippen LogP contribution < -0.4 is 35.6 Å². The van der Waals surface area contributed by atoms with Crippen LogP contribution in [0.2, 0.25) is 15.3 Å². The Bertz CT molecular complexity index is 3010. The average molecular weight is 1300 g/mol. The van der Waals surface area contributed by atoms with E-state index in [-0.39, 0.29) is 75.2 Å². The SMILES string of the molecule is CC1COc2ccccc2N1C(=O)C(Cl)Cl.CCNc1nc(Cl)nc(NC(C)(C)C)n1.CCc1cccc(C)c1N(C(=O)CCl)C(C)COC.COC(=O)c1cc(Oc2ccc(Cl)cc2Cl)ccc1[N+](=O)[O-].CP(=O)(O)CCC(N)C(=O)O. The van der Waals surface area contributed by atoms with Crippen molar-refractivity contribution in [3.8, 4) is 17.2 Å². The molecule has 0 radical (unpaired) electrons. The van der Waals surface area contributed by atoms with Gasteiger partial charge in [-0.05, 0) is 120 Å². The number of ether oxygens (including phenoxy) is 4. The zero-order valence-corrected chi connectivity index (χ0v) is 53.1. The first-order valence-electron chi connectivity index (χ1n) is 25.3.